The summed E-state index contributed by atoms with van der Waals surface area (Å²) in [6, 6.07) is 68.4. The number of aromatic amines is 4. The molecule has 4 aliphatic rings. The van der Waals surface area contributed by atoms with E-state index >= 15 is 0 Å². The van der Waals surface area contributed by atoms with Gasteiger partial charge in [-0.3, -0.25) is 0 Å². The number of unbranched alkanes of at least 4 members (excludes halogenated alkanes) is 24. The standard InChI is InChI=1S/C125H149N9/c1-9-17-25-33-41-88-73-89(42-34-26-18-10-2)78-98(77-88)122-108-59-57-103(127-108)86-104-58-60-109(128-104)123(99-79-90(43-35-27-19-11-3)74-91(80-99)44-36-28-20-12-4)117-70-66-111(132-117)120(110-65-69-116(122)131-110)96-51-49-87(50-52-96)85-105-106-61-63-114(129-106)124(100-81-92(45-37-29-21-13-5)75-93(82-100)46-38-30-22-14-6)118-71-67-112(133-118)121(97-53-55-102(126)56-54-97)113-68-72-119(134-113)125(115-64-62-107(105)130-115)101-83-94(47-39-31-23-15-7)76-95(84-101)48-40-32-24-16-8/h49-84,86,127,129,132,134H,9-48,85,126H2,1-8H3. The van der Waals surface area contributed by atoms with Gasteiger partial charge in [0.15, 0.2) is 0 Å². The summed E-state index contributed by atoms with van der Waals surface area (Å²) >= 11 is 0. The number of hydrogen-bond acceptors (Lipinski definition) is 5. The molecule has 0 radical (unpaired) electrons. The molecule has 0 spiro atoms. The number of benzene rings is 6. The van der Waals surface area contributed by atoms with E-state index in [2.05, 4.69) is 288 Å². The highest BCUT2D eigenvalue weighted by molar-refractivity contribution is 6.01. The lowest BCUT2D eigenvalue weighted by molar-refractivity contribution is 0.661. The molecule has 0 aliphatic carbocycles. The van der Waals surface area contributed by atoms with Gasteiger partial charge < -0.3 is 25.7 Å². The van der Waals surface area contributed by atoms with Crippen molar-refractivity contribution < 1.29 is 0 Å². The van der Waals surface area contributed by atoms with Crippen molar-refractivity contribution in [3.8, 4) is 66.8 Å². The zero-order chi connectivity index (χ0) is 92.3. The van der Waals surface area contributed by atoms with Crippen molar-refractivity contribution in [3.05, 3.63) is 277 Å². The lowest BCUT2D eigenvalue weighted by Gasteiger charge is -2.12. The van der Waals surface area contributed by atoms with E-state index in [0.29, 0.717) is 6.42 Å². The number of H-pyrrole nitrogens is 4. The zero-order valence-electron chi connectivity index (χ0n) is 82.2. The quantitative estimate of drug-likeness (QED) is 0.0191. The Morgan fingerprint density at radius 2 is 0.448 bits per heavy atom. The summed E-state index contributed by atoms with van der Waals surface area (Å²) in [6.45, 7) is 18.5. The molecule has 16 rings (SSSR count). The van der Waals surface area contributed by atoms with Gasteiger partial charge in [-0.15, -0.1) is 0 Å². The van der Waals surface area contributed by atoms with Gasteiger partial charge in [0.2, 0.25) is 0 Å². The van der Waals surface area contributed by atoms with E-state index in [1.165, 1.54) is 252 Å². The molecule has 0 fully saturated rings. The number of nitrogens with zero attached hydrogens (tertiary/aromatic N) is 4. The Hall–Kier alpha value is -11.7. The van der Waals surface area contributed by atoms with Crippen LogP contribution in [0.4, 0.5) is 5.69 Å². The maximum absolute atomic E-state index is 6.56. The summed E-state index contributed by atoms with van der Waals surface area (Å²) in [5.74, 6) is 0. The van der Waals surface area contributed by atoms with Crippen molar-refractivity contribution in [2.75, 3.05) is 5.73 Å². The van der Waals surface area contributed by atoms with Gasteiger partial charge in [-0.25, -0.2) is 19.9 Å². The summed E-state index contributed by atoms with van der Waals surface area (Å²) in [6.07, 6.45) is 65.9. The average molecular weight is 1780 g/mol. The fourth-order valence-corrected chi connectivity index (χ4v) is 20.9. The summed E-state index contributed by atoms with van der Waals surface area (Å²) in [5, 5.41) is 0. The Bertz CT molecular complexity index is 6220. The van der Waals surface area contributed by atoms with Crippen molar-refractivity contribution >= 4 is 98.4 Å². The topological polar surface area (TPSA) is 141 Å². The molecule has 9 nitrogen and oxygen atoms in total. The molecule has 12 aromatic rings. The molecule has 0 unspecified atom stereocenters. The fraction of sp³-hybridized carbons (Fsp3) is 0.392. The summed E-state index contributed by atoms with van der Waals surface area (Å²) in [5.41, 5.74) is 49.7. The molecule has 9 heteroatoms. The molecule has 10 heterocycles. The number of nitrogens with one attached hydrogen (secondary N) is 4. The molecule has 0 saturated carbocycles. The molecule has 0 atom stereocenters. The molecule has 694 valence electrons. The number of aromatic nitrogens is 8. The molecule has 6 aromatic carbocycles. The van der Waals surface area contributed by atoms with Gasteiger partial charge in [-0.1, -0.05) is 319 Å². The monoisotopic (exact) mass is 1780 g/mol. The molecule has 6 aromatic heterocycles. The fourth-order valence-electron chi connectivity index (χ4n) is 20.9. The Morgan fingerprint density at radius 3 is 0.761 bits per heavy atom. The number of rotatable bonds is 48. The average Bonchev–Trinajstić information content (AvgIpc) is 1.62. The number of fused-ring (bicyclic) bond motifs is 16. The lowest BCUT2D eigenvalue weighted by Crippen LogP contribution is -1.96. The largest absolute Gasteiger partial charge is 0.399 e. The molecule has 134 heavy (non-hydrogen) atoms. The third kappa shape index (κ3) is 24.5. The van der Waals surface area contributed by atoms with E-state index in [-0.39, 0.29) is 0 Å². The number of nitrogens with two attached hydrogens (primary N) is 1. The van der Waals surface area contributed by atoms with E-state index in [0.717, 1.165) is 222 Å². The van der Waals surface area contributed by atoms with Crippen LogP contribution in [0.2, 0.25) is 0 Å². The van der Waals surface area contributed by atoms with Crippen LogP contribution in [0.15, 0.2) is 176 Å². The third-order valence-corrected chi connectivity index (χ3v) is 28.2. The number of hydrogen-bond donors (Lipinski definition) is 5. The SMILES string of the molecule is CCCCCCc1cc(CCCCCC)cc(-c2c3nc(c(-c4ccc(Cc5c6nc(c(-c7cc(CCCCCC)cc(CCCCCC)c7)c7ccc([nH]7)c(-c7ccc(N)cc7)c7nc(c(-c8cc(CCCCCC)cc(CCCCCC)c8)c8ccc5[nH]8)C=C7)C=C6)cc4)c4ccc([nH]4)c(-c4cc(CCCCCC)cc(CCCCCC)c4)c4nc(cc5ccc2[nH]5)C=C4)C=C3)c1. The minimum atomic E-state index is 0.592. The first-order valence-electron chi connectivity index (χ1n) is 52.7. The zero-order valence-corrected chi connectivity index (χ0v) is 82.2. The minimum absolute atomic E-state index is 0.592. The molecule has 6 N–H and O–H groups in total. The van der Waals surface area contributed by atoms with Gasteiger partial charge in [0.25, 0.3) is 0 Å². The molecule has 4 aliphatic heterocycles. The molecular formula is C125H149N9. The number of nitrogen functional groups attached to an aromatic ring is 1. The number of aryl methyl sites for hydroxylation is 8. The van der Waals surface area contributed by atoms with Crippen LogP contribution in [0.25, 0.3) is 160 Å². The summed E-state index contributed by atoms with van der Waals surface area (Å²) in [7, 11) is 0. The van der Waals surface area contributed by atoms with E-state index in [1.54, 1.807) is 0 Å². The first kappa shape index (κ1) is 95.5. The van der Waals surface area contributed by atoms with Crippen LogP contribution >= 0.6 is 0 Å². The third-order valence-electron chi connectivity index (χ3n) is 28.2. The van der Waals surface area contributed by atoms with Crippen LogP contribution in [0, 0.1) is 0 Å². The van der Waals surface area contributed by atoms with Crippen molar-refractivity contribution in [2.45, 2.75) is 319 Å². The smallest absolute Gasteiger partial charge is 0.0737 e. The molecule has 16 bridgehead atoms. The highest BCUT2D eigenvalue weighted by Gasteiger charge is 2.25. The van der Waals surface area contributed by atoms with Crippen molar-refractivity contribution in [2.24, 2.45) is 0 Å². The van der Waals surface area contributed by atoms with Gasteiger partial charge in [0.1, 0.15) is 0 Å². The van der Waals surface area contributed by atoms with Crippen LogP contribution in [-0.4, -0.2) is 39.9 Å². The van der Waals surface area contributed by atoms with Crippen LogP contribution < -0.4 is 5.73 Å². The van der Waals surface area contributed by atoms with Crippen LogP contribution in [-0.2, 0) is 57.8 Å². The number of anilines is 1. The Balaban J connectivity index is 0.926. The van der Waals surface area contributed by atoms with Gasteiger partial charge in [0.05, 0.1) is 45.6 Å². The van der Waals surface area contributed by atoms with E-state index in [9.17, 15) is 0 Å². The Kier molecular flexibility index (Phi) is 34.2. The summed E-state index contributed by atoms with van der Waals surface area (Å²) < 4.78 is 0. The summed E-state index contributed by atoms with van der Waals surface area (Å²) in [4.78, 5) is 40.0. The second-order valence-corrected chi connectivity index (χ2v) is 39.1. The Morgan fingerprint density at radius 1 is 0.201 bits per heavy atom. The van der Waals surface area contributed by atoms with E-state index in [4.69, 9.17) is 25.7 Å². The maximum Gasteiger partial charge on any atom is 0.0737 e. The predicted molar refractivity (Wildman–Crippen MR) is 580 cm³/mol. The van der Waals surface area contributed by atoms with E-state index in [1.807, 2.05) is 12.1 Å². The molecular weight excluding hydrogens is 1630 g/mol. The van der Waals surface area contributed by atoms with Crippen LogP contribution in [0.3, 0.4) is 0 Å². The maximum atomic E-state index is 6.56. The molecule has 0 saturated heterocycles. The Labute approximate surface area is 801 Å². The molecule has 0 amide bonds. The van der Waals surface area contributed by atoms with Crippen LogP contribution in [0.5, 0.6) is 0 Å². The van der Waals surface area contributed by atoms with Gasteiger partial charge in [0, 0.05) is 95.2 Å². The predicted octanol–water partition coefficient (Wildman–Crippen LogP) is 35.8. The second kappa shape index (κ2) is 48.0. The van der Waals surface area contributed by atoms with Gasteiger partial charge >= 0.3 is 0 Å². The van der Waals surface area contributed by atoms with E-state index < -0.39 is 0 Å². The van der Waals surface area contributed by atoms with Gasteiger partial charge in [-0.2, -0.15) is 0 Å². The lowest BCUT2D eigenvalue weighted by atomic mass is 9.94. The second-order valence-electron chi connectivity index (χ2n) is 39.1. The normalized spacial score (nSPS) is 12.3. The van der Waals surface area contributed by atoms with Gasteiger partial charge in [-0.05, 0) is 302 Å². The van der Waals surface area contributed by atoms with Crippen molar-refractivity contribution in [1.29, 1.82) is 0 Å². The van der Waals surface area contributed by atoms with Crippen molar-refractivity contribution in [3.63, 3.8) is 0 Å². The van der Waals surface area contributed by atoms with Crippen LogP contribution in [0.1, 0.15) is 362 Å². The van der Waals surface area contributed by atoms with Crippen molar-refractivity contribution in [1.82, 2.24) is 39.9 Å². The highest BCUT2D eigenvalue weighted by atomic mass is 14.8. The first-order chi connectivity index (χ1) is 65.9. The minimum Gasteiger partial charge on any atom is -0.399 e. The first-order valence-corrected chi connectivity index (χ1v) is 52.7. The highest BCUT2D eigenvalue weighted by Crippen LogP contribution is 2.43.